The van der Waals surface area contributed by atoms with E-state index in [4.69, 9.17) is 14.2 Å². The number of hydrogen-bond donors (Lipinski definition) is 0. The summed E-state index contributed by atoms with van der Waals surface area (Å²) in [4.78, 5) is 36.9. The van der Waals surface area contributed by atoms with Gasteiger partial charge in [0.2, 0.25) is 5.60 Å². The lowest BCUT2D eigenvalue weighted by molar-refractivity contribution is -0.186. The van der Waals surface area contributed by atoms with Crippen LogP contribution >= 0.6 is 0 Å². The molecule has 172 valence electrons. The number of rotatable bonds is 14. The summed E-state index contributed by atoms with van der Waals surface area (Å²) < 4.78 is 16.2. The van der Waals surface area contributed by atoms with Gasteiger partial charge in [-0.3, -0.25) is 4.79 Å². The third-order valence-electron chi connectivity index (χ3n) is 5.50. The van der Waals surface area contributed by atoms with E-state index in [-0.39, 0.29) is 30.6 Å². The summed E-state index contributed by atoms with van der Waals surface area (Å²) in [6.07, 6.45) is 10.3. The fraction of sp³-hybridized carbons (Fsp3) is 0.792. The Balaban J connectivity index is 2.52. The van der Waals surface area contributed by atoms with Gasteiger partial charge in [-0.2, -0.15) is 0 Å². The lowest BCUT2D eigenvalue weighted by atomic mass is 9.78. The maximum atomic E-state index is 12.8. The van der Waals surface area contributed by atoms with E-state index in [0.29, 0.717) is 26.1 Å². The fourth-order valence-electron chi connectivity index (χ4n) is 3.62. The van der Waals surface area contributed by atoms with E-state index in [1.807, 2.05) is 13.8 Å². The molecule has 1 aliphatic carbocycles. The van der Waals surface area contributed by atoms with Crippen molar-refractivity contribution in [2.75, 3.05) is 13.2 Å². The molecular formula is C24H40O6. The molecule has 6 nitrogen and oxygen atoms in total. The SMILES string of the molecule is C=CC(=O)OC1(C(=O)OCCCCCCCCC)CCC(C(=O)OCC(C)C)CC1. The van der Waals surface area contributed by atoms with Crippen molar-refractivity contribution in [2.45, 2.75) is 97.0 Å². The monoisotopic (exact) mass is 424 g/mol. The van der Waals surface area contributed by atoms with Crippen LogP contribution in [-0.2, 0) is 28.6 Å². The highest BCUT2D eigenvalue weighted by atomic mass is 16.6. The minimum Gasteiger partial charge on any atom is -0.465 e. The van der Waals surface area contributed by atoms with Crippen molar-refractivity contribution in [2.24, 2.45) is 11.8 Å². The van der Waals surface area contributed by atoms with Crippen LogP contribution < -0.4 is 0 Å². The van der Waals surface area contributed by atoms with E-state index in [1.165, 1.54) is 25.7 Å². The first-order chi connectivity index (χ1) is 14.3. The van der Waals surface area contributed by atoms with Crippen molar-refractivity contribution in [3.05, 3.63) is 12.7 Å². The van der Waals surface area contributed by atoms with E-state index >= 15 is 0 Å². The summed E-state index contributed by atoms with van der Waals surface area (Å²) in [7, 11) is 0. The van der Waals surface area contributed by atoms with Crippen LogP contribution in [0.3, 0.4) is 0 Å². The fourth-order valence-corrected chi connectivity index (χ4v) is 3.62. The molecule has 0 aromatic carbocycles. The van der Waals surface area contributed by atoms with Crippen LogP contribution in [0.25, 0.3) is 0 Å². The first kappa shape index (κ1) is 26.2. The van der Waals surface area contributed by atoms with E-state index in [9.17, 15) is 14.4 Å². The van der Waals surface area contributed by atoms with Gasteiger partial charge in [-0.1, -0.05) is 65.9 Å². The molecule has 1 saturated carbocycles. The zero-order chi connectivity index (χ0) is 22.4. The molecule has 0 aromatic rings. The van der Waals surface area contributed by atoms with Crippen molar-refractivity contribution < 1.29 is 28.6 Å². The average molecular weight is 425 g/mol. The van der Waals surface area contributed by atoms with Crippen molar-refractivity contribution >= 4 is 17.9 Å². The highest BCUT2D eigenvalue weighted by molar-refractivity contribution is 5.88. The van der Waals surface area contributed by atoms with Gasteiger partial charge in [0, 0.05) is 6.08 Å². The Morgan fingerprint density at radius 2 is 1.60 bits per heavy atom. The Morgan fingerprint density at radius 1 is 1.00 bits per heavy atom. The van der Waals surface area contributed by atoms with Crippen LogP contribution in [0.15, 0.2) is 12.7 Å². The molecule has 30 heavy (non-hydrogen) atoms. The Hall–Kier alpha value is -1.85. The van der Waals surface area contributed by atoms with E-state index in [2.05, 4.69) is 13.5 Å². The van der Waals surface area contributed by atoms with Gasteiger partial charge in [0.1, 0.15) is 0 Å². The van der Waals surface area contributed by atoms with Gasteiger partial charge in [0.15, 0.2) is 0 Å². The minimum absolute atomic E-state index is 0.246. The summed E-state index contributed by atoms with van der Waals surface area (Å²) >= 11 is 0. The first-order valence-electron chi connectivity index (χ1n) is 11.5. The second-order valence-corrected chi connectivity index (χ2v) is 8.67. The smallest absolute Gasteiger partial charge is 0.350 e. The number of hydrogen-bond acceptors (Lipinski definition) is 6. The normalized spacial score (nSPS) is 21.1. The molecule has 0 amide bonds. The Labute approximate surface area is 181 Å². The molecule has 1 fully saturated rings. The Morgan fingerprint density at radius 3 is 2.17 bits per heavy atom. The molecule has 0 aromatic heterocycles. The first-order valence-corrected chi connectivity index (χ1v) is 11.5. The van der Waals surface area contributed by atoms with Gasteiger partial charge in [0.25, 0.3) is 0 Å². The standard InChI is InChI=1S/C24H40O6/c1-5-7-8-9-10-11-12-17-28-23(27)24(30-21(25)6-2)15-13-20(14-16-24)22(26)29-18-19(3)4/h6,19-20H,2,5,7-18H2,1,3-4H3. The molecular weight excluding hydrogens is 384 g/mol. The van der Waals surface area contributed by atoms with Crippen LogP contribution in [-0.4, -0.2) is 36.7 Å². The van der Waals surface area contributed by atoms with Gasteiger partial charge < -0.3 is 14.2 Å². The van der Waals surface area contributed by atoms with Gasteiger partial charge in [-0.15, -0.1) is 0 Å². The second-order valence-electron chi connectivity index (χ2n) is 8.67. The highest BCUT2D eigenvalue weighted by Gasteiger charge is 2.48. The molecule has 0 heterocycles. The number of unbranched alkanes of at least 4 members (excludes halogenated alkanes) is 6. The van der Waals surface area contributed by atoms with Gasteiger partial charge in [-0.25, -0.2) is 9.59 Å². The summed E-state index contributed by atoms with van der Waals surface area (Å²) in [5.41, 5.74) is -1.33. The van der Waals surface area contributed by atoms with Crippen LogP contribution in [0, 0.1) is 11.8 Å². The lowest BCUT2D eigenvalue weighted by Gasteiger charge is -2.36. The molecule has 0 unspecified atom stereocenters. The van der Waals surface area contributed by atoms with Crippen LogP contribution in [0.2, 0.25) is 0 Å². The number of ether oxygens (including phenoxy) is 3. The maximum absolute atomic E-state index is 12.8. The summed E-state index contributed by atoms with van der Waals surface area (Å²) in [5, 5.41) is 0. The predicted octanol–water partition coefficient (Wildman–Crippen LogP) is 5.14. The van der Waals surface area contributed by atoms with Crippen molar-refractivity contribution in [1.29, 1.82) is 0 Å². The van der Waals surface area contributed by atoms with Crippen molar-refractivity contribution in [1.82, 2.24) is 0 Å². The quantitative estimate of drug-likeness (QED) is 0.166. The van der Waals surface area contributed by atoms with Gasteiger partial charge >= 0.3 is 17.9 Å². The summed E-state index contributed by atoms with van der Waals surface area (Å²) in [6, 6.07) is 0. The number of carbonyl (C=O) groups excluding carboxylic acids is 3. The average Bonchev–Trinajstić information content (AvgIpc) is 2.74. The third kappa shape index (κ3) is 9.31. The molecule has 0 bridgehead atoms. The van der Waals surface area contributed by atoms with E-state index < -0.39 is 17.5 Å². The van der Waals surface area contributed by atoms with Crippen LogP contribution in [0.5, 0.6) is 0 Å². The molecule has 6 heteroatoms. The van der Waals surface area contributed by atoms with E-state index in [0.717, 1.165) is 25.3 Å². The Kier molecular flexibility index (Phi) is 12.4. The zero-order valence-corrected chi connectivity index (χ0v) is 19.1. The summed E-state index contributed by atoms with van der Waals surface area (Å²) in [6.45, 7) is 10.3. The van der Waals surface area contributed by atoms with Crippen molar-refractivity contribution in [3.63, 3.8) is 0 Å². The Bertz CT molecular complexity index is 546. The minimum atomic E-state index is -1.33. The number of carbonyl (C=O) groups is 3. The molecule has 0 atom stereocenters. The summed E-state index contributed by atoms with van der Waals surface area (Å²) in [5.74, 6) is -1.42. The number of esters is 3. The van der Waals surface area contributed by atoms with Crippen LogP contribution in [0.1, 0.15) is 91.4 Å². The molecule has 0 radical (unpaired) electrons. The molecule has 1 aliphatic rings. The maximum Gasteiger partial charge on any atom is 0.350 e. The molecule has 0 spiro atoms. The van der Waals surface area contributed by atoms with Crippen molar-refractivity contribution in [3.8, 4) is 0 Å². The topological polar surface area (TPSA) is 78.9 Å². The molecule has 0 N–H and O–H groups in total. The molecule has 0 saturated heterocycles. The largest absolute Gasteiger partial charge is 0.465 e. The zero-order valence-electron chi connectivity index (χ0n) is 19.1. The lowest BCUT2D eigenvalue weighted by Crippen LogP contribution is -2.48. The van der Waals surface area contributed by atoms with Gasteiger partial charge in [-0.05, 0) is 38.0 Å². The van der Waals surface area contributed by atoms with E-state index in [1.54, 1.807) is 0 Å². The predicted molar refractivity (Wildman–Crippen MR) is 116 cm³/mol. The molecule has 1 rings (SSSR count). The van der Waals surface area contributed by atoms with Gasteiger partial charge in [0.05, 0.1) is 19.1 Å². The van der Waals surface area contributed by atoms with Crippen LogP contribution in [0.4, 0.5) is 0 Å². The molecule has 0 aliphatic heterocycles. The third-order valence-corrected chi connectivity index (χ3v) is 5.50. The second kappa shape index (κ2) is 14.2. The highest BCUT2D eigenvalue weighted by Crippen LogP contribution is 2.37.